The van der Waals surface area contributed by atoms with Gasteiger partial charge in [-0.25, -0.2) is 0 Å². The van der Waals surface area contributed by atoms with E-state index in [0.717, 1.165) is 11.3 Å². The van der Waals surface area contributed by atoms with Crippen LogP contribution >= 0.6 is 0 Å². The largest absolute Gasteiger partial charge is 0.496 e. The molecule has 2 aromatic rings. The van der Waals surface area contributed by atoms with E-state index in [9.17, 15) is 4.79 Å². The quantitative estimate of drug-likeness (QED) is 0.538. The molecule has 0 aliphatic carbocycles. The molecule has 0 heterocycles. The first kappa shape index (κ1) is 17.4. The molecule has 0 unspecified atom stereocenters. The molecule has 2 rings (SSSR count). The molecule has 0 aliphatic heterocycles. The highest BCUT2D eigenvalue weighted by Gasteiger charge is 2.27. The number of methoxy groups -OCH3 is 1. The highest BCUT2D eigenvalue weighted by Crippen LogP contribution is 2.33. The van der Waals surface area contributed by atoms with E-state index in [0.29, 0.717) is 12.0 Å². The van der Waals surface area contributed by atoms with Crippen molar-refractivity contribution in [2.75, 3.05) is 7.11 Å². The van der Waals surface area contributed by atoms with Crippen molar-refractivity contribution in [1.82, 2.24) is 0 Å². The van der Waals surface area contributed by atoms with Gasteiger partial charge < -0.3 is 9.16 Å². The van der Waals surface area contributed by atoms with Gasteiger partial charge in [-0.15, -0.1) is 0 Å². The maximum Gasteiger partial charge on any atom is 0.184 e. The van der Waals surface area contributed by atoms with E-state index in [1.54, 1.807) is 7.11 Å². The number of para-hydroxylation sites is 1. The van der Waals surface area contributed by atoms with Gasteiger partial charge in [0.25, 0.3) is 0 Å². The second kappa shape index (κ2) is 7.57. The van der Waals surface area contributed by atoms with Gasteiger partial charge in [-0.2, -0.15) is 0 Å². The summed E-state index contributed by atoms with van der Waals surface area (Å²) in [6.07, 6.45) is 0.0276. The van der Waals surface area contributed by atoms with Crippen LogP contribution in [-0.2, 0) is 4.43 Å². The van der Waals surface area contributed by atoms with Gasteiger partial charge in [0.05, 0.1) is 13.2 Å². The Morgan fingerprint density at radius 1 is 1.00 bits per heavy atom. The van der Waals surface area contributed by atoms with E-state index in [4.69, 9.17) is 9.16 Å². The minimum Gasteiger partial charge on any atom is -0.496 e. The summed E-state index contributed by atoms with van der Waals surface area (Å²) >= 11 is 0. The number of hydrogen-bond donors (Lipinski definition) is 0. The number of ketones is 1. The van der Waals surface area contributed by atoms with Gasteiger partial charge in [-0.05, 0) is 25.7 Å². The van der Waals surface area contributed by atoms with E-state index in [2.05, 4.69) is 19.6 Å². The fourth-order valence-corrected chi connectivity index (χ4v) is 3.55. The van der Waals surface area contributed by atoms with Gasteiger partial charge in [-0.3, -0.25) is 4.79 Å². The minimum absolute atomic E-state index is 0.0831. The average molecular weight is 328 g/mol. The molecule has 4 heteroatoms. The van der Waals surface area contributed by atoms with Gasteiger partial charge in [0.2, 0.25) is 0 Å². The lowest BCUT2D eigenvalue weighted by molar-refractivity contribution is 0.0898. The van der Waals surface area contributed by atoms with Crippen LogP contribution in [0.2, 0.25) is 19.6 Å². The predicted octanol–water partition coefficient (Wildman–Crippen LogP) is 4.86. The monoisotopic (exact) mass is 328 g/mol. The molecule has 0 bridgehead atoms. The van der Waals surface area contributed by atoms with Crippen molar-refractivity contribution in [2.24, 2.45) is 0 Å². The first-order chi connectivity index (χ1) is 10.9. The highest BCUT2D eigenvalue weighted by molar-refractivity contribution is 6.69. The van der Waals surface area contributed by atoms with Crippen molar-refractivity contribution in [1.29, 1.82) is 0 Å². The van der Waals surface area contributed by atoms with Crippen molar-refractivity contribution in [3.63, 3.8) is 0 Å². The molecule has 3 nitrogen and oxygen atoms in total. The molecule has 1 atom stereocenters. The van der Waals surface area contributed by atoms with Gasteiger partial charge in [0, 0.05) is 17.5 Å². The molecule has 23 heavy (non-hydrogen) atoms. The number of Topliss-reactive ketones (excluding diaryl/α,β-unsaturated/α-hetero) is 1. The van der Waals surface area contributed by atoms with Crippen molar-refractivity contribution < 1.29 is 14.0 Å². The number of rotatable bonds is 7. The highest BCUT2D eigenvalue weighted by atomic mass is 28.4. The standard InChI is InChI=1S/C19H24O3Si/c1-21-18-13-9-8-12-16(18)19(22-23(2,3)4)14-17(20)15-10-6-5-7-11-15/h5-13,19H,14H2,1-4H3/t19-/m0/s1. The second-order valence-corrected chi connectivity index (χ2v) is 10.9. The number of ether oxygens (including phenoxy) is 1. The molecule has 0 saturated carbocycles. The van der Waals surface area contributed by atoms with Crippen LogP contribution in [-0.4, -0.2) is 21.2 Å². The predicted molar refractivity (Wildman–Crippen MR) is 95.6 cm³/mol. The topological polar surface area (TPSA) is 35.5 Å². The van der Waals surface area contributed by atoms with Gasteiger partial charge >= 0.3 is 0 Å². The third-order valence-corrected chi connectivity index (χ3v) is 4.44. The maximum atomic E-state index is 12.6. The van der Waals surface area contributed by atoms with Crippen LogP contribution < -0.4 is 4.74 Å². The summed E-state index contributed by atoms with van der Waals surface area (Å²) in [4.78, 5) is 12.6. The Bertz CT molecular complexity index is 647. The molecule has 122 valence electrons. The lowest BCUT2D eigenvalue weighted by Gasteiger charge is -2.27. The average Bonchev–Trinajstić information content (AvgIpc) is 2.53. The lowest BCUT2D eigenvalue weighted by atomic mass is 9.99. The zero-order valence-corrected chi connectivity index (χ0v) is 15.2. The van der Waals surface area contributed by atoms with Crippen LogP contribution in [0.15, 0.2) is 54.6 Å². The van der Waals surface area contributed by atoms with Crippen molar-refractivity contribution in [3.8, 4) is 5.75 Å². The third-order valence-electron chi connectivity index (χ3n) is 3.45. The molecule has 0 saturated heterocycles. The van der Waals surface area contributed by atoms with Crippen LogP contribution in [0.3, 0.4) is 0 Å². The zero-order valence-electron chi connectivity index (χ0n) is 14.2. The smallest absolute Gasteiger partial charge is 0.184 e. The number of hydrogen-bond acceptors (Lipinski definition) is 3. The fraction of sp³-hybridized carbons (Fsp3) is 0.316. The van der Waals surface area contributed by atoms with Gasteiger partial charge in [0.1, 0.15) is 5.75 Å². The first-order valence-corrected chi connectivity index (χ1v) is 11.2. The fourth-order valence-electron chi connectivity index (χ4n) is 2.48. The Hall–Kier alpha value is -1.91. The molecule has 0 radical (unpaired) electrons. The summed E-state index contributed by atoms with van der Waals surface area (Å²) in [7, 11) is -0.172. The molecule has 0 aliphatic rings. The van der Waals surface area contributed by atoms with Crippen LogP contribution in [0.25, 0.3) is 0 Å². The number of benzene rings is 2. The summed E-state index contributed by atoms with van der Waals surface area (Å²) in [5.74, 6) is 0.844. The summed E-state index contributed by atoms with van der Waals surface area (Å²) in [5.41, 5.74) is 1.65. The van der Waals surface area contributed by atoms with Crippen LogP contribution in [0.5, 0.6) is 5.75 Å². The third kappa shape index (κ3) is 5.05. The number of carbonyl (C=O) groups excluding carboxylic acids is 1. The summed E-state index contributed by atoms with van der Waals surface area (Å²) in [6.45, 7) is 6.38. The van der Waals surface area contributed by atoms with Crippen LogP contribution in [0, 0.1) is 0 Å². The first-order valence-electron chi connectivity index (χ1n) is 7.79. The van der Waals surface area contributed by atoms with Gasteiger partial charge in [0.15, 0.2) is 14.1 Å². The molecular weight excluding hydrogens is 304 g/mol. The Morgan fingerprint density at radius 3 is 2.22 bits per heavy atom. The lowest BCUT2D eigenvalue weighted by Crippen LogP contribution is -2.29. The van der Waals surface area contributed by atoms with E-state index in [1.807, 2.05) is 54.6 Å². The SMILES string of the molecule is COc1ccccc1[C@H](CC(=O)c1ccccc1)O[Si](C)(C)C. The van der Waals surface area contributed by atoms with Crippen molar-refractivity contribution in [2.45, 2.75) is 32.2 Å². The summed E-state index contributed by atoms with van der Waals surface area (Å²) in [6, 6.07) is 17.1. The Kier molecular flexibility index (Phi) is 5.74. The normalized spacial score (nSPS) is 12.7. The van der Waals surface area contributed by atoms with E-state index >= 15 is 0 Å². The molecule has 0 N–H and O–H groups in total. The summed E-state index contributed by atoms with van der Waals surface area (Å²) in [5, 5.41) is 0. The maximum absolute atomic E-state index is 12.6. The van der Waals surface area contributed by atoms with E-state index < -0.39 is 8.32 Å². The summed E-state index contributed by atoms with van der Waals surface area (Å²) < 4.78 is 11.7. The van der Waals surface area contributed by atoms with E-state index in [1.165, 1.54) is 0 Å². The molecular formula is C19H24O3Si. The van der Waals surface area contributed by atoms with Crippen molar-refractivity contribution in [3.05, 3.63) is 65.7 Å². The molecule has 0 amide bonds. The molecule has 0 spiro atoms. The van der Waals surface area contributed by atoms with E-state index in [-0.39, 0.29) is 11.9 Å². The molecule has 2 aromatic carbocycles. The van der Waals surface area contributed by atoms with Gasteiger partial charge in [-0.1, -0.05) is 48.5 Å². The minimum atomic E-state index is -1.81. The molecule has 0 fully saturated rings. The van der Waals surface area contributed by atoms with Crippen LogP contribution in [0.1, 0.15) is 28.4 Å². The Labute approximate surface area is 139 Å². The van der Waals surface area contributed by atoms with Crippen molar-refractivity contribution >= 4 is 14.1 Å². The molecule has 0 aromatic heterocycles. The number of carbonyl (C=O) groups is 1. The Morgan fingerprint density at radius 2 is 1.61 bits per heavy atom. The van der Waals surface area contributed by atoms with Crippen LogP contribution in [0.4, 0.5) is 0 Å². The Balaban J connectivity index is 2.29. The zero-order chi connectivity index (χ0) is 16.9. The second-order valence-electron chi connectivity index (χ2n) is 6.45.